The predicted octanol–water partition coefficient (Wildman–Crippen LogP) is 4.95. The number of urea groups is 2. The Hall–Kier alpha value is -3.75. The molecule has 11 nitrogen and oxygen atoms in total. The molecule has 0 aliphatic carbocycles. The topological polar surface area (TPSA) is 118 Å². The molecule has 3 fully saturated rings. The summed E-state index contributed by atoms with van der Waals surface area (Å²) >= 11 is 6.00. The van der Waals surface area contributed by atoms with Gasteiger partial charge in [-0.1, -0.05) is 29.8 Å². The number of carbonyl (C=O) groups excluding carboxylic acids is 3. The molecule has 5 amide bonds. The minimum atomic E-state index is -4.87. The van der Waals surface area contributed by atoms with Crippen LogP contribution in [0.3, 0.4) is 0 Å². The average Bonchev–Trinajstić information content (AvgIpc) is 3.27. The lowest BCUT2D eigenvalue weighted by molar-refractivity contribution is -0.138. The fourth-order valence-electron chi connectivity index (χ4n) is 7.60. The van der Waals surface area contributed by atoms with Crippen molar-refractivity contribution in [1.82, 2.24) is 24.9 Å². The van der Waals surface area contributed by atoms with Crippen molar-refractivity contribution in [3.8, 4) is 5.75 Å². The number of hydrogen-bond donors (Lipinski definition) is 3. The van der Waals surface area contributed by atoms with E-state index in [0.717, 1.165) is 30.2 Å². The number of fused-ring (bicyclic) bond motifs is 1. The highest BCUT2D eigenvalue weighted by molar-refractivity contribution is 6.32. The fourth-order valence-corrected chi connectivity index (χ4v) is 7.84. The zero-order valence-electron chi connectivity index (χ0n) is 28.1. The van der Waals surface area contributed by atoms with Gasteiger partial charge in [0.05, 0.1) is 10.6 Å². The van der Waals surface area contributed by atoms with Crippen molar-refractivity contribution in [3.63, 3.8) is 0 Å². The van der Waals surface area contributed by atoms with Crippen LogP contribution in [0.1, 0.15) is 49.3 Å². The number of rotatable bonds is 6. The highest BCUT2D eigenvalue weighted by Crippen LogP contribution is 2.40. The number of amides is 5. The second-order valence-electron chi connectivity index (χ2n) is 13.8. The molecule has 272 valence electrons. The zero-order chi connectivity index (χ0) is 35.6. The second kappa shape index (κ2) is 14.8. The summed E-state index contributed by atoms with van der Waals surface area (Å²) in [5, 5.41) is 15.3. The number of phenols is 1. The van der Waals surface area contributed by atoms with Crippen molar-refractivity contribution in [1.29, 1.82) is 0 Å². The summed E-state index contributed by atoms with van der Waals surface area (Å²) < 4.78 is 46.8. The van der Waals surface area contributed by atoms with Gasteiger partial charge in [-0.2, -0.15) is 13.2 Å². The number of phenolic OH excluding ortho intramolecular Hbond substituents is 1. The number of ether oxygens (including phenoxy) is 1. The molecule has 50 heavy (non-hydrogen) atoms. The van der Waals surface area contributed by atoms with Gasteiger partial charge < -0.3 is 35.2 Å². The molecule has 0 radical (unpaired) electrons. The molecule has 0 saturated carbocycles. The minimum Gasteiger partial charge on any atom is -0.506 e. The molecule has 3 N–H and O–H groups in total. The Balaban J connectivity index is 1.13. The second-order valence-corrected chi connectivity index (χ2v) is 14.3. The van der Waals surface area contributed by atoms with Gasteiger partial charge >= 0.3 is 18.2 Å². The van der Waals surface area contributed by atoms with E-state index in [0.29, 0.717) is 78.3 Å². The third-order valence-electron chi connectivity index (χ3n) is 10.7. The SMILES string of the molecule is CC1(N2CCN(C(=O)[C@@H](Cc3cc(Cl)c(O)c(C(F)(F)F)c3)NC(=O)N3CCC(N4CCc5ccccc5NC4=O)CC3)CC2)CCOCC1. The molecule has 0 spiro atoms. The van der Waals surface area contributed by atoms with Crippen LogP contribution in [0, 0.1) is 0 Å². The maximum Gasteiger partial charge on any atom is 0.420 e. The smallest absolute Gasteiger partial charge is 0.420 e. The number of benzene rings is 2. The van der Waals surface area contributed by atoms with Gasteiger partial charge in [0.1, 0.15) is 11.8 Å². The number of nitrogens with one attached hydrogen (secondary N) is 2. The first-order valence-corrected chi connectivity index (χ1v) is 17.6. The van der Waals surface area contributed by atoms with Crippen LogP contribution < -0.4 is 10.6 Å². The molecule has 0 bridgehead atoms. The number of para-hydroxylation sites is 1. The van der Waals surface area contributed by atoms with Gasteiger partial charge in [0.25, 0.3) is 0 Å². The number of alkyl halides is 3. The van der Waals surface area contributed by atoms with Crippen LogP contribution in [0.15, 0.2) is 36.4 Å². The zero-order valence-corrected chi connectivity index (χ0v) is 28.9. The van der Waals surface area contributed by atoms with Crippen LogP contribution in [0.2, 0.25) is 5.02 Å². The summed E-state index contributed by atoms with van der Waals surface area (Å²) in [6.07, 6.45) is -1.59. The van der Waals surface area contributed by atoms with Crippen LogP contribution in [0.5, 0.6) is 5.75 Å². The Morgan fingerprint density at radius 1 is 1.04 bits per heavy atom. The Morgan fingerprint density at radius 3 is 2.40 bits per heavy atom. The number of piperidine rings is 1. The van der Waals surface area contributed by atoms with E-state index >= 15 is 0 Å². The van der Waals surface area contributed by atoms with E-state index in [1.165, 1.54) is 6.07 Å². The number of carbonyl (C=O) groups is 3. The summed E-state index contributed by atoms with van der Waals surface area (Å²) in [5.41, 5.74) is 0.566. The molecule has 1 atom stereocenters. The summed E-state index contributed by atoms with van der Waals surface area (Å²) in [6, 6.07) is 7.70. The van der Waals surface area contributed by atoms with Crippen molar-refractivity contribution in [2.24, 2.45) is 0 Å². The van der Waals surface area contributed by atoms with Crippen molar-refractivity contribution in [2.75, 3.05) is 64.3 Å². The number of hydrogen-bond acceptors (Lipinski definition) is 6. The van der Waals surface area contributed by atoms with E-state index in [9.17, 15) is 32.7 Å². The maximum absolute atomic E-state index is 14.0. The van der Waals surface area contributed by atoms with Gasteiger partial charge in [-0.3, -0.25) is 9.69 Å². The lowest BCUT2D eigenvalue weighted by atomic mass is 9.89. The van der Waals surface area contributed by atoms with Gasteiger partial charge in [-0.15, -0.1) is 0 Å². The number of piperazine rings is 1. The van der Waals surface area contributed by atoms with Crippen LogP contribution in [0.25, 0.3) is 0 Å². The third-order valence-corrected chi connectivity index (χ3v) is 11.0. The van der Waals surface area contributed by atoms with Gasteiger partial charge in [-0.05, 0) is 68.4 Å². The van der Waals surface area contributed by atoms with Crippen molar-refractivity contribution in [3.05, 3.63) is 58.1 Å². The monoisotopic (exact) mass is 720 g/mol. The highest BCUT2D eigenvalue weighted by Gasteiger charge is 2.40. The van der Waals surface area contributed by atoms with Crippen LogP contribution in [-0.4, -0.2) is 119 Å². The molecule has 6 rings (SSSR count). The van der Waals surface area contributed by atoms with Gasteiger partial charge in [0, 0.05) is 82.7 Å². The standard InChI is InChI=1S/C35H44ClF3N6O5/c1-34(9-18-50-19-10-34)44-16-14-42(15-17-44)31(47)29(22-23-20-26(35(37,38)39)30(46)27(36)21-23)41-32(48)43-11-7-25(8-12-43)45-13-6-24-4-2-3-5-28(24)40-33(45)49/h2-5,20-21,25,29,46H,6-19,22H2,1H3,(H,40,49)(H,41,48)/t29-/m1/s1. The van der Waals surface area contributed by atoms with Gasteiger partial charge in [0.2, 0.25) is 5.91 Å². The molecule has 4 aliphatic rings. The molecule has 0 unspecified atom stereocenters. The quantitative estimate of drug-likeness (QED) is 0.389. The van der Waals surface area contributed by atoms with Gasteiger partial charge in [0.15, 0.2) is 0 Å². The summed E-state index contributed by atoms with van der Waals surface area (Å²) in [5.74, 6) is -1.49. The molecular weight excluding hydrogens is 677 g/mol. The van der Waals surface area contributed by atoms with Crippen LogP contribution >= 0.6 is 11.6 Å². The maximum atomic E-state index is 14.0. The number of likely N-dealkylation sites (tertiary alicyclic amines) is 1. The Kier molecular flexibility index (Phi) is 10.7. The van der Waals surface area contributed by atoms with E-state index in [4.69, 9.17) is 16.3 Å². The van der Waals surface area contributed by atoms with E-state index in [-0.39, 0.29) is 29.6 Å². The summed E-state index contributed by atoms with van der Waals surface area (Å²) in [4.78, 5) is 48.2. The molecular formula is C35H44ClF3N6O5. The first-order chi connectivity index (χ1) is 23.8. The molecule has 4 aliphatic heterocycles. The molecule has 0 aromatic heterocycles. The number of anilines is 1. The van der Waals surface area contributed by atoms with E-state index in [1.54, 1.807) is 9.80 Å². The predicted molar refractivity (Wildman–Crippen MR) is 181 cm³/mol. The van der Waals surface area contributed by atoms with E-state index in [2.05, 4.69) is 22.5 Å². The first kappa shape index (κ1) is 36.1. The van der Waals surface area contributed by atoms with Gasteiger partial charge in [-0.25, -0.2) is 9.59 Å². The Bertz CT molecular complexity index is 1570. The van der Waals surface area contributed by atoms with E-state index < -0.39 is 40.5 Å². The molecule has 15 heteroatoms. The number of aromatic hydroxyl groups is 1. The van der Waals surface area contributed by atoms with Crippen molar-refractivity contribution < 1.29 is 37.4 Å². The van der Waals surface area contributed by atoms with Crippen molar-refractivity contribution >= 4 is 35.3 Å². The number of halogens is 4. The lowest BCUT2D eigenvalue weighted by Crippen LogP contribution is -2.61. The van der Waals surface area contributed by atoms with Crippen molar-refractivity contribution in [2.45, 2.75) is 69.2 Å². The Labute approximate surface area is 294 Å². The van der Waals surface area contributed by atoms with Crippen LogP contribution in [-0.2, 0) is 28.5 Å². The molecule has 2 aromatic rings. The molecule has 4 heterocycles. The largest absolute Gasteiger partial charge is 0.506 e. The average molecular weight is 721 g/mol. The van der Waals surface area contributed by atoms with E-state index in [1.807, 2.05) is 29.2 Å². The lowest BCUT2D eigenvalue weighted by Gasteiger charge is -2.48. The normalized spacial score (nSPS) is 21.2. The molecule has 2 aromatic carbocycles. The molecule has 3 saturated heterocycles. The van der Waals surface area contributed by atoms with Crippen LogP contribution in [0.4, 0.5) is 28.4 Å². The summed E-state index contributed by atoms with van der Waals surface area (Å²) in [6.45, 7) is 6.80. The third kappa shape index (κ3) is 7.92. The highest BCUT2D eigenvalue weighted by atomic mass is 35.5. The first-order valence-electron chi connectivity index (χ1n) is 17.2. The fraction of sp³-hybridized carbons (Fsp3) is 0.571. The minimum absolute atomic E-state index is 0.0398. The Morgan fingerprint density at radius 2 is 1.72 bits per heavy atom. The summed E-state index contributed by atoms with van der Waals surface area (Å²) in [7, 11) is 0. The number of nitrogens with zero attached hydrogens (tertiary/aromatic N) is 4.